The fourth-order valence-corrected chi connectivity index (χ4v) is 1.98. The number of rotatable bonds is 4. The molecule has 110 valence electrons. The smallest absolute Gasteiger partial charge is 0.410 e. The minimum absolute atomic E-state index is 0.226. The van der Waals surface area contributed by atoms with E-state index in [4.69, 9.17) is 9.47 Å². The molecule has 0 radical (unpaired) electrons. The summed E-state index contributed by atoms with van der Waals surface area (Å²) >= 11 is 0. The third kappa shape index (κ3) is 4.15. The van der Waals surface area contributed by atoms with E-state index in [2.05, 4.69) is 0 Å². The van der Waals surface area contributed by atoms with Crippen LogP contribution in [0.15, 0.2) is 24.3 Å². The summed E-state index contributed by atoms with van der Waals surface area (Å²) in [7, 11) is 1.65. The summed E-state index contributed by atoms with van der Waals surface area (Å²) in [6, 6.07) is 8.12. The van der Waals surface area contributed by atoms with Gasteiger partial charge in [-0.05, 0) is 51.3 Å². The van der Waals surface area contributed by atoms with Crippen molar-refractivity contribution < 1.29 is 14.3 Å². The number of ether oxygens (including phenoxy) is 2. The van der Waals surface area contributed by atoms with Gasteiger partial charge in [0.2, 0.25) is 0 Å². The summed E-state index contributed by atoms with van der Waals surface area (Å²) < 4.78 is 10.6. The van der Waals surface area contributed by atoms with E-state index in [0.717, 1.165) is 24.2 Å². The maximum atomic E-state index is 12.2. The highest BCUT2D eigenvalue weighted by Gasteiger charge is 2.35. The van der Waals surface area contributed by atoms with E-state index in [9.17, 15) is 4.79 Å². The Labute approximate surface area is 120 Å². The largest absolute Gasteiger partial charge is 0.497 e. The van der Waals surface area contributed by atoms with Gasteiger partial charge in [0.1, 0.15) is 11.4 Å². The monoisotopic (exact) mass is 277 g/mol. The van der Waals surface area contributed by atoms with Crippen molar-refractivity contribution in [2.75, 3.05) is 7.11 Å². The topological polar surface area (TPSA) is 38.8 Å². The summed E-state index contributed by atoms with van der Waals surface area (Å²) in [6.45, 7) is 6.26. The molecule has 1 aliphatic carbocycles. The number of hydrogen-bond donors (Lipinski definition) is 0. The summed E-state index contributed by atoms with van der Waals surface area (Å²) in [5, 5.41) is 0. The molecule has 2 rings (SSSR count). The van der Waals surface area contributed by atoms with Gasteiger partial charge in [-0.2, -0.15) is 0 Å². The van der Waals surface area contributed by atoms with E-state index in [-0.39, 0.29) is 6.09 Å². The molecule has 1 aliphatic rings. The number of benzene rings is 1. The molecule has 0 saturated heterocycles. The van der Waals surface area contributed by atoms with Crippen LogP contribution in [0, 0.1) is 0 Å². The van der Waals surface area contributed by atoms with Crippen LogP contribution in [0.3, 0.4) is 0 Å². The third-order valence-electron chi connectivity index (χ3n) is 3.13. The van der Waals surface area contributed by atoms with Crippen LogP contribution in [0.2, 0.25) is 0 Å². The second kappa shape index (κ2) is 5.73. The molecule has 1 saturated carbocycles. The number of methoxy groups -OCH3 is 1. The average Bonchev–Trinajstić information content (AvgIpc) is 3.18. The fourth-order valence-electron chi connectivity index (χ4n) is 1.98. The molecule has 20 heavy (non-hydrogen) atoms. The summed E-state index contributed by atoms with van der Waals surface area (Å²) in [5.74, 6) is 0.823. The molecule has 4 nitrogen and oxygen atoms in total. The number of hydrogen-bond acceptors (Lipinski definition) is 3. The lowest BCUT2D eigenvalue weighted by Crippen LogP contribution is -2.37. The van der Waals surface area contributed by atoms with Crippen molar-refractivity contribution in [2.45, 2.75) is 51.8 Å². The van der Waals surface area contributed by atoms with Gasteiger partial charge in [0.25, 0.3) is 0 Å². The molecule has 0 aliphatic heterocycles. The van der Waals surface area contributed by atoms with Crippen LogP contribution >= 0.6 is 0 Å². The Hall–Kier alpha value is -1.71. The molecule has 1 amide bonds. The van der Waals surface area contributed by atoms with Crippen molar-refractivity contribution in [3.8, 4) is 5.75 Å². The minimum atomic E-state index is -0.454. The zero-order valence-corrected chi connectivity index (χ0v) is 12.7. The third-order valence-corrected chi connectivity index (χ3v) is 3.13. The maximum absolute atomic E-state index is 12.2. The van der Waals surface area contributed by atoms with E-state index in [1.54, 1.807) is 7.11 Å². The van der Waals surface area contributed by atoms with Crippen molar-refractivity contribution in [1.82, 2.24) is 4.90 Å². The Bertz CT molecular complexity index is 458. The summed E-state index contributed by atoms with van der Waals surface area (Å²) in [5.41, 5.74) is 0.632. The van der Waals surface area contributed by atoms with Gasteiger partial charge < -0.3 is 14.4 Å². The molecule has 0 spiro atoms. The first kappa shape index (κ1) is 14.7. The summed E-state index contributed by atoms with van der Waals surface area (Å²) in [6.07, 6.45) is 1.90. The highest BCUT2D eigenvalue weighted by molar-refractivity contribution is 5.69. The van der Waals surface area contributed by atoms with E-state index in [1.165, 1.54) is 0 Å². The van der Waals surface area contributed by atoms with Gasteiger partial charge in [0.05, 0.1) is 7.11 Å². The van der Waals surface area contributed by atoms with Gasteiger partial charge in [0.15, 0.2) is 0 Å². The Morgan fingerprint density at radius 2 is 1.85 bits per heavy atom. The molecular weight excluding hydrogens is 254 g/mol. The van der Waals surface area contributed by atoms with E-state index in [0.29, 0.717) is 12.6 Å². The second-order valence-corrected chi connectivity index (χ2v) is 6.19. The van der Waals surface area contributed by atoms with Crippen molar-refractivity contribution in [3.63, 3.8) is 0 Å². The van der Waals surface area contributed by atoms with E-state index >= 15 is 0 Å². The molecule has 0 unspecified atom stereocenters. The van der Waals surface area contributed by atoms with Crippen LogP contribution in [-0.2, 0) is 11.3 Å². The van der Waals surface area contributed by atoms with E-state index < -0.39 is 5.60 Å². The number of carbonyl (C=O) groups is 1. The van der Waals surface area contributed by atoms with Crippen LogP contribution in [0.25, 0.3) is 0 Å². The molecule has 0 aromatic heterocycles. The van der Waals surface area contributed by atoms with Crippen LogP contribution in [0.5, 0.6) is 5.75 Å². The van der Waals surface area contributed by atoms with Gasteiger partial charge in [0, 0.05) is 12.6 Å². The lowest BCUT2D eigenvalue weighted by Gasteiger charge is -2.27. The first-order chi connectivity index (χ1) is 9.39. The molecule has 1 fully saturated rings. The van der Waals surface area contributed by atoms with Crippen LogP contribution in [0.4, 0.5) is 4.79 Å². The molecule has 0 bridgehead atoms. The summed E-state index contributed by atoms with van der Waals surface area (Å²) in [4.78, 5) is 14.1. The first-order valence-corrected chi connectivity index (χ1v) is 7.01. The number of carbonyl (C=O) groups excluding carboxylic acids is 1. The van der Waals surface area contributed by atoms with Crippen molar-refractivity contribution in [3.05, 3.63) is 29.8 Å². The predicted octanol–water partition coefficient (Wildman–Crippen LogP) is 3.59. The Kier molecular flexibility index (Phi) is 4.21. The van der Waals surface area contributed by atoms with Gasteiger partial charge in [-0.3, -0.25) is 0 Å². The molecular formula is C16H23NO3. The highest BCUT2D eigenvalue weighted by atomic mass is 16.6. The van der Waals surface area contributed by atoms with E-state index in [1.807, 2.05) is 49.9 Å². The van der Waals surface area contributed by atoms with Crippen LogP contribution in [0.1, 0.15) is 39.2 Å². The minimum Gasteiger partial charge on any atom is -0.497 e. The Morgan fingerprint density at radius 3 is 2.30 bits per heavy atom. The standard InChI is InChI=1S/C16H23NO3/c1-16(2,3)20-15(18)17(13-7-8-13)11-12-5-9-14(19-4)10-6-12/h5-6,9-10,13H,7-8,11H2,1-4H3. The molecule has 0 N–H and O–H groups in total. The maximum Gasteiger partial charge on any atom is 0.410 e. The van der Waals surface area contributed by atoms with Gasteiger partial charge >= 0.3 is 6.09 Å². The lowest BCUT2D eigenvalue weighted by atomic mass is 10.2. The first-order valence-electron chi connectivity index (χ1n) is 7.01. The van der Waals surface area contributed by atoms with Gasteiger partial charge in [-0.25, -0.2) is 4.79 Å². The number of amides is 1. The molecule has 1 aromatic carbocycles. The highest BCUT2D eigenvalue weighted by Crippen LogP contribution is 2.30. The average molecular weight is 277 g/mol. The van der Waals surface area contributed by atoms with Crippen LogP contribution < -0.4 is 4.74 Å². The number of nitrogens with zero attached hydrogens (tertiary/aromatic N) is 1. The van der Waals surface area contributed by atoms with Crippen molar-refractivity contribution >= 4 is 6.09 Å². The molecule has 4 heteroatoms. The molecule has 0 atom stereocenters. The predicted molar refractivity (Wildman–Crippen MR) is 77.8 cm³/mol. The van der Waals surface area contributed by atoms with Crippen LogP contribution in [-0.4, -0.2) is 29.7 Å². The van der Waals surface area contributed by atoms with Crippen molar-refractivity contribution in [1.29, 1.82) is 0 Å². The normalized spacial score (nSPS) is 14.8. The fraction of sp³-hybridized carbons (Fsp3) is 0.562. The van der Waals surface area contributed by atoms with Gasteiger partial charge in [-0.15, -0.1) is 0 Å². The zero-order chi connectivity index (χ0) is 14.8. The molecule has 1 aromatic rings. The zero-order valence-electron chi connectivity index (χ0n) is 12.7. The Morgan fingerprint density at radius 1 is 1.25 bits per heavy atom. The Balaban J connectivity index is 2.03. The second-order valence-electron chi connectivity index (χ2n) is 6.19. The SMILES string of the molecule is COc1ccc(CN(C(=O)OC(C)(C)C)C2CC2)cc1. The quantitative estimate of drug-likeness (QED) is 0.844. The lowest BCUT2D eigenvalue weighted by molar-refractivity contribution is 0.0216. The van der Waals surface area contributed by atoms with Gasteiger partial charge in [-0.1, -0.05) is 12.1 Å². The molecule has 0 heterocycles. The van der Waals surface area contributed by atoms with Crippen molar-refractivity contribution in [2.24, 2.45) is 0 Å².